The summed E-state index contributed by atoms with van der Waals surface area (Å²) in [7, 11) is -0.185. The quantitative estimate of drug-likeness (QED) is 0.568. The van der Waals surface area contributed by atoms with Crippen molar-refractivity contribution in [3.63, 3.8) is 0 Å². The first-order valence-electron chi connectivity index (χ1n) is 5.48. The summed E-state index contributed by atoms with van der Waals surface area (Å²) in [6, 6.07) is 0. The van der Waals surface area contributed by atoms with E-state index in [-0.39, 0.29) is 10.0 Å². The Bertz CT molecular complexity index is 82.2. The fourth-order valence-electron chi connectivity index (χ4n) is 2.04. The second-order valence-electron chi connectivity index (χ2n) is 3.63. The van der Waals surface area contributed by atoms with Crippen LogP contribution in [0.15, 0.2) is 0 Å². The molecule has 0 N–H and O–H groups in total. The third kappa shape index (κ3) is 3.84. The summed E-state index contributed by atoms with van der Waals surface area (Å²) in [5.41, 5.74) is 0. The highest BCUT2D eigenvalue weighted by Gasteiger charge is 2.18. The predicted octanol–water partition coefficient (Wildman–Crippen LogP) is 4.04. The van der Waals surface area contributed by atoms with E-state index in [0.717, 1.165) is 0 Å². The van der Waals surface area contributed by atoms with Crippen molar-refractivity contribution in [1.29, 1.82) is 0 Å². The van der Waals surface area contributed by atoms with Crippen LogP contribution in [-0.4, -0.2) is 23.0 Å². The molecule has 0 nitrogen and oxygen atoms in total. The van der Waals surface area contributed by atoms with E-state index in [9.17, 15) is 0 Å². The molecule has 0 saturated heterocycles. The molecular weight excluding hydrogens is 164 g/mol. The molecule has 76 valence electrons. The van der Waals surface area contributed by atoms with Crippen molar-refractivity contribution in [1.82, 2.24) is 0 Å². The van der Waals surface area contributed by atoms with Crippen molar-refractivity contribution < 1.29 is 0 Å². The van der Waals surface area contributed by atoms with Crippen LogP contribution in [0.5, 0.6) is 0 Å². The number of rotatable bonds is 7. The third-order valence-electron chi connectivity index (χ3n) is 2.52. The average Bonchev–Trinajstić information content (AvgIpc) is 2.06. The minimum Gasteiger partial charge on any atom is -0.241 e. The van der Waals surface area contributed by atoms with E-state index in [0.29, 0.717) is 0 Å². The molecule has 0 rings (SSSR count). The lowest BCUT2D eigenvalue weighted by Crippen LogP contribution is -2.15. The monoisotopic (exact) mass is 190 g/mol. The van der Waals surface area contributed by atoms with Gasteiger partial charge in [-0.15, -0.1) is 0 Å². The average molecular weight is 190 g/mol. The van der Waals surface area contributed by atoms with Crippen LogP contribution < -0.4 is 0 Å². The first-order chi connectivity index (χ1) is 5.74. The SMILES string of the molecule is CCCS(CC)(CCC)CCC. The maximum Gasteiger partial charge on any atom is -0.0230 e. The second-order valence-corrected chi connectivity index (χ2v) is 7.88. The molecule has 12 heavy (non-hydrogen) atoms. The van der Waals surface area contributed by atoms with Gasteiger partial charge in [-0.25, -0.2) is 10.0 Å². The minimum absolute atomic E-state index is 0.185. The van der Waals surface area contributed by atoms with Gasteiger partial charge in [0, 0.05) is 0 Å². The van der Waals surface area contributed by atoms with Gasteiger partial charge in [0.15, 0.2) is 0 Å². The highest BCUT2D eigenvalue weighted by molar-refractivity contribution is 8.33. The highest BCUT2D eigenvalue weighted by Crippen LogP contribution is 2.49. The van der Waals surface area contributed by atoms with Gasteiger partial charge >= 0.3 is 0 Å². The first kappa shape index (κ1) is 12.3. The second kappa shape index (κ2) is 6.82. The molecule has 0 saturated carbocycles. The molecule has 0 aliphatic rings. The Morgan fingerprint density at radius 1 is 0.667 bits per heavy atom. The standard InChI is InChI=1S/C11H26S/c1-5-9-12(8-4,10-6-2)11-7-3/h5-11H2,1-4H3. The molecular formula is C11H26S. The highest BCUT2D eigenvalue weighted by atomic mass is 32.3. The zero-order valence-electron chi connectivity index (χ0n) is 9.36. The van der Waals surface area contributed by atoms with Crippen LogP contribution in [0, 0.1) is 0 Å². The van der Waals surface area contributed by atoms with Gasteiger partial charge in [0.05, 0.1) is 0 Å². The Morgan fingerprint density at radius 3 is 1.17 bits per heavy atom. The van der Waals surface area contributed by atoms with Gasteiger partial charge < -0.3 is 0 Å². The summed E-state index contributed by atoms with van der Waals surface area (Å²) in [6.45, 7) is 9.41. The van der Waals surface area contributed by atoms with Crippen molar-refractivity contribution in [2.75, 3.05) is 23.0 Å². The van der Waals surface area contributed by atoms with E-state index >= 15 is 0 Å². The van der Waals surface area contributed by atoms with Crippen LogP contribution in [0.3, 0.4) is 0 Å². The lowest BCUT2D eigenvalue weighted by Gasteiger charge is -2.39. The van der Waals surface area contributed by atoms with Crippen LogP contribution in [0.25, 0.3) is 0 Å². The summed E-state index contributed by atoms with van der Waals surface area (Å²) in [4.78, 5) is 0. The fourth-order valence-corrected chi connectivity index (χ4v) is 6.11. The molecule has 1 heteroatoms. The Balaban J connectivity index is 4.06. The minimum atomic E-state index is -0.185. The molecule has 0 aromatic carbocycles. The van der Waals surface area contributed by atoms with Gasteiger partial charge in [-0.1, -0.05) is 27.7 Å². The van der Waals surface area contributed by atoms with Crippen LogP contribution in [0.1, 0.15) is 47.0 Å². The molecule has 0 aromatic heterocycles. The zero-order chi connectivity index (χ0) is 9.45. The van der Waals surface area contributed by atoms with Crippen LogP contribution in [0.4, 0.5) is 0 Å². The van der Waals surface area contributed by atoms with Gasteiger partial charge in [-0.2, -0.15) is 0 Å². The Kier molecular flexibility index (Phi) is 7.02. The van der Waals surface area contributed by atoms with Crippen molar-refractivity contribution >= 4 is 10.0 Å². The summed E-state index contributed by atoms with van der Waals surface area (Å²) in [5.74, 6) is 6.02. The van der Waals surface area contributed by atoms with E-state index in [1.54, 1.807) is 0 Å². The lowest BCUT2D eigenvalue weighted by molar-refractivity contribution is 1.01. The van der Waals surface area contributed by atoms with Crippen molar-refractivity contribution in [2.24, 2.45) is 0 Å². The zero-order valence-corrected chi connectivity index (χ0v) is 10.2. The molecule has 0 fully saturated rings. The van der Waals surface area contributed by atoms with Crippen molar-refractivity contribution in [3.8, 4) is 0 Å². The molecule has 0 bridgehead atoms. The van der Waals surface area contributed by atoms with Crippen LogP contribution in [-0.2, 0) is 0 Å². The third-order valence-corrected chi connectivity index (χ3v) is 7.57. The smallest absolute Gasteiger partial charge is 0.0230 e. The van der Waals surface area contributed by atoms with Gasteiger partial charge in [-0.05, 0) is 42.3 Å². The normalized spacial score (nSPS) is 13.3. The molecule has 0 spiro atoms. The molecule has 0 radical (unpaired) electrons. The van der Waals surface area contributed by atoms with E-state index in [1.165, 1.54) is 42.3 Å². The summed E-state index contributed by atoms with van der Waals surface area (Å²) in [5, 5.41) is 0. The Morgan fingerprint density at radius 2 is 1.00 bits per heavy atom. The van der Waals surface area contributed by atoms with E-state index in [1.807, 2.05) is 0 Å². The molecule has 0 aliphatic heterocycles. The molecule has 0 aliphatic carbocycles. The molecule has 0 amide bonds. The molecule has 0 heterocycles. The predicted molar refractivity (Wildman–Crippen MR) is 63.6 cm³/mol. The van der Waals surface area contributed by atoms with Gasteiger partial charge in [0.1, 0.15) is 0 Å². The first-order valence-corrected chi connectivity index (χ1v) is 7.79. The Hall–Kier alpha value is 0.350. The summed E-state index contributed by atoms with van der Waals surface area (Å²) < 4.78 is 0. The summed E-state index contributed by atoms with van der Waals surface area (Å²) in [6.07, 6.45) is 4.18. The molecule has 0 unspecified atom stereocenters. The van der Waals surface area contributed by atoms with Gasteiger partial charge in [0.25, 0.3) is 0 Å². The number of hydrogen-bond donors (Lipinski definition) is 0. The van der Waals surface area contributed by atoms with Crippen LogP contribution >= 0.6 is 10.0 Å². The maximum absolute atomic E-state index is 2.40. The number of hydrogen-bond acceptors (Lipinski definition) is 0. The fraction of sp³-hybridized carbons (Fsp3) is 1.00. The van der Waals surface area contributed by atoms with Gasteiger partial charge in [-0.3, -0.25) is 0 Å². The van der Waals surface area contributed by atoms with Crippen molar-refractivity contribution in [2.45, 2.75) is 47.0 Å². The molecule has 0 atom stereocenters. The van der Waals surface area contributed by atoms with E-state index in [2.05, 4.69) is 27.7 Å². The van der Waals surface area contributed by atoms with E-state index in [4.69, 9.17) is 0 Å². The topological polar surface area (TPSA) is 0 Å². The Labute approximate surface area is 80.4 Å². The largest absolute Gasteiger partial charge is 0.241 e. The summed E-state index contributed by atoms with van der Waals surface area (Å²) >= 11 is 0. The maximum atomic E-state index is 2.40. The van der Waals surface area contributed by atoms with Gasteiger partial charge in [0.2, 0.25) is 0 Å². The molecule has 0 aromatic rings. The van der Waals surface area contributed by atoms with E-state index < -0.39 is 0 Å². The lowest BCUT2D eigenvalue weighted by atomic mass is 10.6. The van der Waals surface area contributed by atoms with Crippen LogP contribution in [0.2, 0.25) is 0 Å². The van der Waals surface area contributed by atoms with Crippen molar-refractivity contribution in [3.05, 3.63) is 0 Å².